The molecule has 320 valence electrons. The number of anilines is 1. The fourth-order valence-corrected chi connectivity index (χ4v) is 9.28. The number of nitrogens with one attached hydrogen (secondary N) is 1. The predicted octanol–water partition coefficient (Wildman–Crippen LogP) is 7.47. The fourth-order valence-electron chi connectivity index (χ4n) is 8.34. The number of methoxy groups -OCH3 is 2. The van der Waals surface area contributed by atoms with Gasteiger partial charge in [-0.3, -0.25) is 14.4 Å². The standard InChI is InChI=1S/C43H65ClN4O5S.C2H6O/c1-7-10-33-23-37(44)14-15-40(33)36-27-48(41-24-34(13-16-42(41)53-28-36)43(49)45-54(50)22-21-51-6)25-32(5)39(8-2)35(12-9-11-31(3)4)26-46-17-19-47(20-18-46)38-29-52-30-38;1-3-2/h9,12-16,23-24,31-32,35-36,38-39H,7-8,10-11,17-22,25-30H2,1-6H3,(H,45,49);1-2H3/b12-9+;. The van der Waals surface area contributed by atoms with Crippen LogP contribution < -0.4 is 14.4 Å². The Morgan fingerprint density at radius 1 is 1.02 bits per heavy atom. The molecule has 1 N–H and O–H groups in total. The zero-order valence-corrected chi connectivity index (χ0v) is 37.5. The van der Waals surface area contributed by atoms with Crippen LogP contribution in [0.15, 0.2) is 48.6 Å². The Labute approximate surface area is 351 Å². The third-order valence-corrected chi connectivity index (χ3v) is 12.6. The van der Waals surface area contributed by atoms with E-state index in [1.807, 2.05) is 18.2 Å². The van der Waals surface area contributed by atoms with E-state index in [9.17, 15) is 9.00 Å². The van der Waals surface area contributed by atoms with Gasteiger partial charge in [-0.2, -0.15) is 0 Å². The van der Waals surface area contributed by atoms with Crippen LogP contribution in [0.3, 0.4) is 0 Å². The Bertz CT molecular complexity index is 1570. The predicted molar refractivity (Wildman–Crippen MR) is 235 cm³/mol. The molecule has 5 atom stereocenters. The molecule has 3 aliphatic heterocycles. The molecule has 10 nitrogen and oxygen atoms in total. The van der Waals surface area contributed by atoms with Gasteiger partial charge in [0.15, 0.2) is 0 Å². The first-order valence-corrected chi connectivity index (χ1v) is 22.8. The molecule has 5 unspecified atom stereocenters. The van der Waals surface area contributed by atoms with Gasteiger partial charge in [-0.15, -0.1) is 0 Å². The number of rotatable bonds is 19. The first-order valence-electron chi connectivity index (χ1n) is 21.1. The van der Waals surface area contributed by atoms with Crippen molar-refractivity contribution in [2.45, 2.75) is 72.3 Å². The lowest BCUT2D eigenvalue weighted by Gasteiger charge is -2.44. The van der Waals surface area contributed by atoms with Crippen molar-refractivity contribution in [2.24, 2.45) is 23.7 Å². The van der Waals surface area contributed by atoms with Crippen LogP contribution in [0.1, 0.15) is 81.3 Å². The summed E-state index contributed by atoms with van der Waals surface area (Å²) >= 11 is 6.51. The van der Waals surface area contributed by atoms with E-state index in [1.165, 1.54) is 11.1 Å². The lowest BCUT2D eigenvalue weighted by Crippen LogP contribution is -2.57. The summed E-state index contributed by atoms with van der Waals surface area (Å²) in [5.74, 6) is 2.60. The van der Waals surface area contributed by atoms with Crippen molar-refractivity contribution in [1.82, 2.24) is 14.5 Å². The van der Waals surface area contributed by atoms with Crippen molar-refractivity contribution >= 4 is 34.2 Å². The van der Waals surface area contributed by atoms with Crippen LogP contribution >= 0.6 is 11.6 Å². The average molecular weight is 832 g/mol. The number of benzene rings is 2. The summed E-state index contributed by atoms with van der Waals surface area (Å²) < 4.78 is 36.6. The Hall–Kier alpha value is -2.51. The van der Waals surface area contributed by atoms with Crippen LogP contribution in [0.25, 0.3) is 0 Å². The SMILES string of the molecule is CCCc1cc(Cl)ccc1C1COc2ccc(C(=O)NS(=O)CCOC)cc2N(CC(C)C(CC)C(/C=C/CC(C)C)CN2CCN(C3COC3)CC2)C1.COC. The molecule has 12 heteroatoms. The summed E-state index contributed by atoms with van der Waals surface area (Å²) in [6, 6.07) is 12.5. The number of amides is 1. The zero-order valence-electron chi connectivity index (χ0n) is 36.0. The molecule has 3 heterocycles. The lowest BCUT2D eigenvalue weighted by molar-refractivity contribution is -0.0777. The number of allylic oxidation sites excluding steroid dienone is 1. The lowest BCUT2D eigenvalue weighted by atomic mass is 9.79. The summed E-state index contributed by atoms with van der Waals surface area (Å²) in [5.41, 5.74) is 3.91. The maximum absolute atomic E-state index is 13.4. The van der Waals surface area contributed by atoms with Crippen LogP contribution in [0.2, 0.25) is 5.02 Å². The van der Waals surface area contributed by atoms with E-state index in [0.717, 1.165) is 101 Å². The molecule has 2 aromatic rings. The molecule has 0 aromatic heterocycles. The number of aryl methyl sites for hydroxylation is 1. The molecule has 5 rings (SSSR count). The van der Waals surface area contributed by atoms with Crippen molar-refractivity contribution < 1.29 is 28.0 Å². The number of piperazine rings is 1. The Balaban J connectivity index is 0.00000232. The summed E-state index contributed by atoms with van der Waals surface area (Å²) in [4.78, 5) is 21.1. The van der Waals surface area contributed by atoms with Gasteiger partial charge in [-0.05, 0) is 78.0 Å². The third-order valence-electron chi connectivity index (χ3n) is 11.5. The number of halogens is 1. The average Bonchev–Trinajstić information content (AvgIpc) is 3.33. The van der Waals surface area contributed by atoms with Crippen LogP contribution in [-0.2, 0) is 31.6 Å². The maximum atomic E-state index is 13.4. The van der Waals surface area contributed by atoms with E-state index >= 15 is 0 Å². The van der Waals surface area contributed by atoms with Crippen molar-refractivity contribution in [1.29, 1.82) is 0 Å². The van der Waals surface area contributed by atoms with Crippen molar-refractivity contribution in [3.05, 3.63) is 70.3 Å². The van der Waals surface area contributed by atoms with Gasteiger partial charge < -0.3 is 28.7 Å². The van der Waals surface area contributed by atoms with Crippen LogP contribution in [-0.4, -0.2) is 125 Å². The Morgan fingerprint density at radius 3 is 2.39 bits per heavy atom. The zero-order chi connectivity index (χ0) is 41.3. The molecular formula is C45H71ClN4O6S. The molecule has 3 aliphatic rings. The monoisotopic (exact) mass is 830 g/mol. The first kappa shape index (κ1) is 47.2. The normalized spacial score (nSPS) is 20.1. The summed E-state index contributed by atoms with van der Waals surface area (Å²) in [6.07, 6.45) is 9.08. The van der Waals surface area contributed by atoms with E-state index in [0.29, 0.717) is 48.5 Å². The molecule has 0 saturated carbocycles. The number of carbonyl (C=O) groups is 1. The molecule has 2 fully saturated rings. The second-order valence-corrected chi connectivity index (χ2v) is 18.1. The molecular weight excluding hydrogens is 760 g/mol. The Morgan fingerprint density at radius 2 is 1.75 bits per heavy atom. The molecule has 1 amide bonds. The van der Waals surface area contributed by atoms with Gasteiger partial charge >= 0.3 is 0 Å². The number of hydrogen-bond acceptors (Lipinski definition) is 9. The van der Waals surface area contributed by atoms with Crippen LogP contribution in [0, 0.1) is 23.7 Å². The van der Waals surface area contributed by atoms with E-state index < -0.39 is 11.0 Å². The molecule has 0 spiro atoms. The first-order chi connectivity index (χ1) is 27.5. The highest BCUT2D eigenvalue weighted by molar-refractivity contribution is 7.83. The number of carbonyl (C=O) groups excluding carboxylic acids is 1. The second kappa shape index (κ2) is 24.5. The largest absolute Gasteiger partial charge is 0.491 e. The highest BCUT2D eigenvalue weighted by atomic mass is 35.5. The number of nitrogens with zero attached hydrogens (tertiary/aromatic N) is 3. The molecule has 2 saturated heterocycles. The summed E-state index contributed by atoms with van der Waals surface area (Å²) in [5, 5.41) is 0.755. The maximum Gasteiger partial charge on any atom is 0.263 e. The van der Waals surface area contributed by atoms with E-state index in [-0.39, 0.29) is 17.6 Å². The van der Waals surface area contributed by atoms with E-state index in [1.54, 1.807) is 27.4 Å². The fraction of sp³-hybridized carbons (Fsp3) is 0.667. The Kier molecular flexibility index (Phi) is 20.3. The smallest absolute Gasteiger partial charge is 0.263 e. The van der Waals surface area contributed by atoms with Gasteiger partial charge in [0.05, 0.1) is 43.9 Å². The summed E-state index contributed by atoms with van der Waals surface area (Å²) in [6.45, 7) is 21.1. The van der Waals surface area contributed by atoms with Gasteiger partial charge in [0.25, 0.3) is 5.91 Å². The molecule has 0 bridgehead atoms. The van der Waals surface area contributed by atoms with Gasteiger partial charge in [-0.25, -0.2) is 4.21 Å². The molecule has 2 aromatic carbocycles. The van der Waals surface area contributed by atoms with Crippen LogP contribution in [0.5, 0.6) is 5.75 Å². The molecule has 0 aliphatic carbocycles. The van der Waals surface area contributed by atoms with Gasteiger partial charge in [0.2, 0.25) is 0 Å². The quantitative estimate of drug-likeness (QED) is 0.145. The van der Waals surface area contributed by atoms with Gasteiger partial charge in [0.1, 0.15) is 16.7 Å². The van der Waals surface area contributed by atoms with E-state index in [4.69, 9.17) is 25.8 Å². The van der Waals surface area contributed by atoms with Crippen molar-refractivity contribution in [3.63, 3.8) is 0 Å². The number of ether oxygens (including phenoxy) is 4. The van der Waals surface area contributed by atoms with Crippen molar-refractivity contribution in [2.75, 3.05) is 104 Å². The highest BCUT2D eigenvalue weighted by Gasteiger charge is 2.34. The van der Waals surface area contributed by atoms with Crippen LogP contribution in [0.4, 0.5) is 5.69 Å². The summed E-state index contributed by atoms with van der Waals surface area (Å²) in [7, 11) is 3.28. The molecule has 0 radical (unpaired) electrons. The topological polar surface area (TPSA) is 92.8 Å². The third kappa shape index (κ3) is 14.3. The minimum atomic E-state index is -1.53. The van der Waals surface area contributed by atoms with Gasteiger partial charge in [-0.1, -0.05) is 77.3 Å². The minimum Gasteiger partial charge on any atom is -0.491 e. The highest BCUT2D eigenvalue weighted by Crippen LogP contribution is 2.39. The number of hydrogen-bond donors (Lipinski definition) is 1. The van der Waals surface area contributed by atoms with E-state index in [2.05, 4.69) is 83.1 Å². The number of fused-ring (bicyclic) bond motifs is 1. The van der Waals surface area contributed by atoms with Gasteiger partial charge in [0, 0.05) is 83.6 Å². The molecule has 57 heavy (non-hydrogen) atoms. The minimum absolute atomic E-state index is 0.112. The second-order valence-electron chi connectivity index (χ2n) is 16.4. The van der Waals surface area contributed by atoms with Crippen molar-refractivity contribution in [3.8, 4) is 5.75 Å².